The van der Waals surface area contributed by atoms with Gasteiger partial charge in [-0.05, 0) is 5.56 Å². The molecule has 2 rings (SSSR count). The largest absolute Gasteiger partial charge is 0.442 e. The summed E-state index contributed by atoms with van der Waals surface area (Å²) in [5.41, 5.74) is 1.03. The van der Waals surface area contributed by atoms with Gasteiger partial charge in [-0.2, -0.15) is 4.99 Å². The molecule has 0 atom stereocenters. The van der Waals surface area contributed by atoms with Crippen molar-refractivity contribution in [2.24, 2.45) is 4.99 Å². The first kappa shape index (κ1) is 5.91. The molecule has 0 aromatic heterocycles. The van der Waals surface area contributed by atoms with Crippen LogP contribution in [-0.4, -0.2) is 18.4 Å². The van der Waals surface area contributed by atoms with E-state index in [1.807, 2.05) is 30.3 Å². The van der Waals surface area contributed by atoms with Crippen LogP contribution in [0.2, 0.25) is 0 Å². The number of hydrogen-bond donors (Lipinski definition) is 0. The van der Waals surface area contributed by atoms with Crippen LogP contribution in [0.5, 0.6) is 0 Å². The number of nitrogens with zero attached hydrogens (tertiary/aromatic N) is 1. The fraction of sp³-hybridized carbons (Fsp3) is 0.200. The second kappa shape index (κ2) is 3.39. The Morgan fingerprint density at radius 3 is 2.85 bits per heavy atom. The van der Waals surface area contributed by atoms with Crippen molar-refractivity contribution in [3.8, 4) is 0 Å². The number of aliphatic imine (C=N–C) groups is 1. The van der Waals surface area contributed by atoms with Crippen molar-refractivity contribution >= 4 is 11.8 Å². The van der Waals surface area contributed by atoms with Crippen LogP contribution in [0.25, 0.3) is 0 Å². The number of benzene rings is 1. The quantitative estimate of drug-likeness (QED) is 0.691. The number of carbonyl (C=O) groups excluding carboxylic acids is 1. The lowest BCUT2D eigenvalue weighted by Gasteiger charge is -1.97. The predicted octanol–water partition coefficient (Wildman–Crippen LogP) is 1.82. The molecule has 0 radical (unpaired) electrons. The van der Waals surface area contributed by atoms with Crippen molar-refractivity contribution in [2.45, 2.75) is 6.42 Å². The zero-order valence-electron chi connectivity index (χ0n) is 8.86. The SMILES string of the molecule is [2H]C1([2H])OC(=O)N=C1Cc1ccccc1. The lowest BCUT2D eigenvalue weighted by molar-refractivity contribution is 0.181. The van der Waals surface area contributed by atoms with Crippen LogP contribution in [0, 0.1) is 0 Å². The molecule has 0 aliphatic carbocycles. The molecule has 1 aliphatic heterocycles. The molecule has 0 unspecified atom stereocenters. The van der Waals surface area contributed by atoms with E-state index < -0.39 is 12.7 Å². The molecule has 1 aliphatic rings. The average molecular weight is 177 g/mol. The van der Waals surface area contributed by atoms with Gasteiger partial charge in [0.2, 0.25) is 0 Å². The number of hydrogen-bond acceptors (Lipinski definition) is 2. The van der Waals surface area contributed by atoms with Gasteiger partial charge in [0.1, 0.15) is 6.56 Å². The second-order valence-corrected chi connectivity index (χ2v) is 2.69. The Hall–Kier alpha value is -1.64. The maximum atomic E-state index is 10.8. The highest BCUT2D eigenvalue weighted by Gasteiger charge is 2.14. The van der Waals surface area contributed by atoms with Gasteiger partial charge >= 0.3 is 6.09 Å². The van der Waals surface area contributed by atoms with E-state index in [0.29, 0.717) is 6.42 Å². The number of cyclic esters (lactones) is 1. The zero-order valence-corrected chi connectivity index (χ0v) is 6.86. The van der Waals surface area contributed by atoms with Crippen molar-refractivity contribution in [3.63, 3.8) is 0 Å². The first-order valence-corrected chi connectivity index (χ1v) is 3.93. The summed E-state index contributed by atoms with van der Waals surface area (Å²) in [6.07, 6.45) is -0.564. The standard InChI is InChI=1S/C10H9NO2/c12-10-11-9(7-13-10)6-8-4-2-1-3-5-8/h1-5H,6-7H2/i7D2. The third kappa shape index (κ3) is 1.93. The Balaban J connectivity index is 2.20. The van der Waals surface area contributed by atoms with Crippen LogP contribution in [0.15, 0.2) is 35.3 Å². The molecule has 0 bridgehead atoms. The van der Waals surface area contributed by atoms with Crippen molar-refractivity contribution in [1.29, 1.82) is 0 Å². The molecule has 0 saturated heterocycles. The summed E-state index contributed by atoms with van der Waals surface area (Å²) in [5.74, 6) is 0. The van der Waals surface area contributed by atoms with Gasteiger partial charge in [0.25, 0.3) is 0 Å². The molecule has 3 nitrogen and oxygen atoms in total. The maximum Gasteiger partial charge on any atom is 0.434 e. The molecule has 1 aromatic carbocycles. The topological polar surface area (TPSA) is 38.7 Å². The number of rotatable bonds is 2. The van der Waals surface area contributed by atoms with Crippen molar-refractivity contribution < 1.29 is 12.3 Å². The third-order valence-corrected chi connectivity index (χ3v) is 1.70. The highest BCUT2D eigenvalue weighted by Crippen LogP contribution is 2.05. The van der Waals surface area contributed by atoms with Crippen molar-refractivity contribution in [2.75, 3.05) is 6.56 Å². The summed E-state index contributed by atoms with van der Waals surface area (Å²) in [6, 6.07) is 9.27. The van der Waals surface area contributed by atoms with Gasteiger partial charge in [-0.3, -0.25) is 0 Å². The van der Waals surface area contributed by atoms with Crippen LogP contribution < -0.4 is 0 Å². The van der Waals surface area contributed by atoms with Crippen molar-refractivity contribution in [3.05, 3.63) is 35.9 Å². The summed E-state index contributed by atoms with van der Waals surface area (Å²) < 4.78 is 19.3. The van der Waals surface area contributed by atoms with Crippen LogP contribution in [0.1, 0.15) is 8.30 Å². The maximum absolute atomic E-state index is 10.8. The zero-order chi connectivity index (χ0) is 10.9. The minimum Gasteiger partial charge on any atom is -0.442 e. The summed E-state index contributed by atoms with van der Waals surface area (Å²) in [5, 5.41) is 0. The van der Waals surface area contributed by atoms with Crippen LogP contribution in [0.4, 0.5) is 4.79 Å². The first-order chi connectivity index (χ1) is 7.08. The van der Waals surface area contributed by atoms with Gasteiger partial charge in [0.05, 0.1) is 8.45 Å². The van der Waals surface area contributed by atoms with Crippen LogP contribution in [-0.2, 0) is 11.2 Å². The number of ether oxygens (including phenoxy) is 1. The summed E-state index contributed by atoms with van der Waals surface area (Å²) in [7, 11) is 0. The molecule has 0 spiro atoms. The monoisotopic (exact) mass is 177 g/mol. The van der Waals surface area contributed by atoms with Crippen molar-refractivity contribution in [1.82, 2.24) is 0 Å². The average Bonchev–Trinajstić information content (AvgIpc) is 2.41. The minimum atomic E-state index is -2.06. The number of amides is 1. The van der Waals surface area contributed by atoms with Gasteiger partial charge in [0.15, 0.2) is 0 Å². The highest BCUT2D eigenvalue weighted by atomic mass is 16.6. The summed E-state index contributed by atoms with van der Waals surface area (Å²) in [4.78, 5) is 14.3. The Bertz CT molecular complexity index is 415. The van der Waals surface area contributed by atoms with E-state index in [4.69, 9.17) is 2.74 Å². The smallest absolute Gasteiger partial charge is 0.434 e. The predicted molar refractivity (Wildman–Crippen MR) is 48.9 cm³/mol. The highest BCUT2D eigenvalue weighted by molar-refractivity contribution is 5.99. The molecule has 66 valence electrons. The molecule has 0 fully saturated rings. The molecule has 0 N–H and O–H groups in total. The molecular formula is C10H9NO2. The van der Waals surface area contributed by atoms with E-state index >= 15 is 0 Å². The van der Waals surface area contributed by atoms with E-state index in [0.717, 1.165) is 5.56 Å². The lowest BCUT2D eigenvalue weighted by Crippen LogP contribution is -2.04. The van der Waals surface area contributed by atoms with Crippen LogP contribution >= 0.6 is 0 Å². The molecule has 1 aromatic rings. The van der Waals surface area contributed by atoms with E-state index in [2.05, 4.69) is 9.73 Å². The van der Waals surface area contributed by atoms with E-state index in [-0.39, 0.29) is 5.71 Å². The van der Waals surface area contributed by atoms with E-state index in [1.165, 1.54) is 0 Å². The Morgan fingerprint density at radius 1 is 1.46 bits per heavy atom. The van der Waals surface area contributed by atoms with Gasteiger partial charge < -0.3 is 4.74 Å². The number of carbonyl (C=O) groups is 1. The molecular weight excluding hydrogens is 166 g/mol. The summed E-state index contributed by atoms with van der Waals surface area (Å²) in [6.45, 7) is -2.06. The Labute approximate surface area is 78.9 Å². The fourth-order valence-corrected chi connectivity index (χ4v) is 1.12. The van der Waals surface area contributed by atoms with Gasteiger partial charge in [0, 0.05) is 6.42 Å². The normalized spacial score (nSPS) is 21.5. The third-order valence-electron chi connectivity index (χ3n) is 1.70. The second-order valence-electron chi connectivity index (χ2n) is 2.69. The van der Waals surface area contributed by atoms with E-state index in [9.17, 15) is 4.79 Å². The molecule has 1 heterocycles. The lowest BCUT2D eigenvalue weighted by atomic mass is 10.1. The van der Waals surface area contributed by atoms with Gasteiger partial charge in [-0.25, -0.2) is 4.79 Å². The minimum absolute atomic E-state index is 0.124. The Kier molecular flexibility index (Phi) is 1.54. The van der Waals surface area contributed by atoms with Gasteiger partial charge in [-0.1, -0.05) is 30.3 Å². The molecule has 13 heavy (non-hydrogen) atoms. The van der Waals surface area contributed by atoms with Gasteiger partial charge in [-0.15, -0.1) is 0 Å². The molecule has 0 saturated carbocycles. The first-order valence-electron chi connectivity index (χ1n) is 4.93. The Morgan fingerprint density at radius 2 is 2.23 bits per heavy atom. The van der Waals surface area contributed by atoms with Crippen LogP contribution in [0.3, 0.4) is 0 Å². The fourth-order valence-electron chi connectivity index (χ4n) is 1.12. The van der Waals surface area contributed by atoms with E-state index in [1.54, 1.807) is 0 Å². The molecule has 1 amide bonds. The molecule has 3 heteroatoms. The summed E-state index contributed by atoms with van der Waals surface area (Å²) >= 11 is 0.